The largest absolute Gasteiger partial charge is 0.497 e. The normalized spacial score (nSPS) is 11.0. The van der Waals surface area contributed by atoms with Crippen LogP contribution < -0.4 is 9.47 Å². The Morgan fingerprint density at radius 1 is 0.955 bits per heavy atom. The smallest absolute Gasteiger partial charge is 0.144 e. The van der Waals surface area contributed by atoms with Crippen molar-refractivity contribution < 1.29 is 9.47 Å². The summed E-state index contributed by atoms with van der Waals surface area (Å²) in [4.78, 5) is 0. The number of rotatable bonds is 3. The van der Waals surface area contributed by atoms with E-state index in [0.29, 0.717) is 0 Å². The monoisotopic (exact) mass is 298 g/mol. The van der Waals surface area contributed by atoms with Gasteiger partial charge in [-0.15, -0.1) is 0 Å². The van der Waals surface area contributed by atoms with Gasteiger partial charge in [0, 0.05) is 11.5 Å². The standard InChI is InChI=1S/C16H18N4O2/c1-9-15-11(3)20(19-16(15)10(2)18-17-9)13-8-12(21-4)6-7-14(13)22-5/h6-8H,1-5H3. The second kappa shape index (κ2) is 5.29. The fourth-order valence-electron chi connectivity index (χ4n) is 2.63. The van der Waals surface area contributed by atoms with Crippen LogP contribution in [0.1, 0.15) is 17.1 Å². The Labute approximate surface area is 128 Å². The van der Waals surface area contributed by atoms with Gasteiger partial charge in [-0.25, -0.2) is 4.68 Å². The summed E-state index contributed by atoms with van der Waals surface area (Å²) in [5, 5.41) is 14.1. The van der Waals surface area contributed by atoms with Crippen LogP contribution in [0.2, 0.25) is 0 Å². The first-order chi connectivity index (χ1) is 10.6. The minimum Gasteiger partial charge on any atom is -0.497 e. The molecule has 0 N–H and O–H groups in total. The van der Waals surface area contributed by atoms with Crippen molar-refractivity contribution in [3.63, 3.8) is 0 Å². The third kappa shape index (κ3) is 2.07. The quantitative estimate of drug-likeness (QED) is 0.744. The van der Waals surface area contributed by atoms with Gasteiger partial charge in [-0.3, -0.25) is 0 Å². The van der Waals surface area contributed by atoms with Crippen molar-refractivity contribution in [1.82, 2.24) is 20.0 Å². The highest BCUT2D eigenvalue weighted by Gasteiger charge is 2.17. The van der Waals surface area contributed by atoms with E-state index in [2.05, 4.69) is 10.2 Å². The van der Waals surface area contributed by atoms with Crippen LogP contribution in [0.5, 0.6) is 11.5 Å². The Kier molecular flexibility index (Phi) is 3.44. The number of hydrogen-bond acceptors (Lipinski definition) is 5. The average Bonchev–Trinajstić information content (AvgIpc) is 2.89. The maximum Gasteiger partial charge on any atom is 0.144 e. The van der Waals surface area contributed by atoms with Gasteiger partial charge < -0.3 is 9.47 Å². The molecule has 3 aromatic rings. The lowest BCUT2D eigenvalue weighted by atomic mass is 10.2. The molecule has 0 saturated carbocycles. The van der Waals surface area contributed by atoms with Crippen molar-refractivity contribution in [1.29, 1.82) is 0 Å². The van der Waals surface area contributed by atoms with Crippen molar-refractivity contribution in [2.45, 2.75) is 20.8 Å². The summed E-state index contributed by atoms with van der Waals surface area (Å²) < 4.78 is 12.6. The number of ether oxygens (including phenoxy) is 2. The Bertz CT molecular complexity index is 855. The second-order valence-corrected chi connectivity index (χ2v) is 5.13. The summed E-state index contributed by atoms with van der Waals surface area (Å²) in [6, 6.07) is 5.64. The lowest BCUT2D eigenvalue weighted by Gasteiger charge is -2.11. The molecular weight excluding hydrogens is 280 g/mol. The molecule has 22 heavy (non-hydrogen) atoms. The van der Waals surface area contributed by atoms with Gasteiger partial charge in [0.15, 0.2) is 0 Å². The zero-order chi connectivity index (χ0) is 15.9. The highest BCUT2D eigenvalue weighted by atomic mass is 16.5. The predicted octanol–water partition coefficient (Wildman–Crippen LogP) is 2.76. The van der Waals surface area contributed by atoms with E-state index in [4.69, 9.17) is 14.6 Å². The first kappa shape index (κ1) is 14.3. The minimum absolute atomic E-state index is 0.730. The molecule has 0 aliphatic carbocycles. The zero-order valence-corrected chi connectivity index (χ0v) is 13.3. The molecule has 0 atom stereocenters. The molecule has 0 saturated heterocycles. The van der Waals surface area contributed by atoms with Crippen LogP contribution in [-0.2, 0) is 0 Å². The number of hydrogen-bond donors (Lipinski definition) is 0. The molecule has 0 spiro atoms. The summed E-state index contributed by atoms with van der Waals surface area (Å²) in [5.74, 6) is 1.48. The van der Waals surface area contributed by atoms with Gasteiger partial charge in [-0.2, -0.15) is 15.3 Å². The van der Waals surface area contributed by atoms with Gasteiger partial charge in [0.2, 0.25) is 0 Å². The third-order valence-electron chi connectivity index (χ3n) is 3.79. The lowest BCUT2D eigenvalue weighted by molar-refractivity contribution is 0.400. The maximum absolute atomic E-state index is 5.46. The number of methoxy groups -OCH3 is 2. The van der Waals surface area contributed by atoms with E-state index in [1.54, 1.807) is 14.2 Å². The molecule has 0 aliphatic heterocycles. The van der Waals surface area contributed by atoms with E-state index in [1.165, 1.54) is 0 Å². The number of fused-ring (bicyclic) bond motifs is 1. The number of nitrogens with zero attached hydrogens (tertiary/aromatic N) is 4. The Morgan fingerprint density at radius 3 is 2.32 bits per heavy atom. The molecule has 0 bridgehead atoms. The molecule has 2 aromatic heterocycles. The summed E-state index contributed by atoms with van der Waals surface area (Å²) in [6.07, 6.45) is 0. The molecule has 6 heteroatoms. The van der Waals surface area contributed by atoms with E-state index >= 15 is 0 Å². The van der Waals surface area contributed by atoms with Crippen LogP contribution in [0, 0.1) is 20.8 Å². The van der Waals surface area contributed by atoms with E-state index < -0.39 is 0 Å². The van der Waals surface area contributed by atoms with Crippen molar-refractivity contribution in [2.75, 3.05) is 14.2 Å². The molecule has 2 heterocycles. The molecule has 3 rings (SSSR count). The van der Waals surface area contributed by atoms with Crippen LogP contribution in [0.15, 0.2) is 18.2 Å². The van der Waals surface area contributed by atoms with Gasteiger partial charge in [0.05, 0.1) is 31.3 Å². The van der Waals surface area contributed by atoms with E-state index in [-0.39, 0.29) is 0 Å². The number of aromatic nitrogens is 4. The Morgan fingerprint density at radius 2 is 1.68 bits per heavy atom. The Hall–Kier alpha value is -2.63. The van der Waals surface area contributed by atoms with E-state index in [0.717, 1.165) is 45.2 Å². The molecule has 1 aromatic carbocycles. The molecule has 6 nitrogen and oxygen atoms in total. The summed E-state index contributed by atoms with van der Waals surface area (Å²) in [5.41, 5.74) is 4.36. The summed E-state index contributed by atoms with van der Waals surface area (Å²) in [7, 11) is 3.28. The maximum atomic E-state index is 5.46. The number of benzene rings is 1. The highest BCUT2D eigenvalue weighted by molar-refractivity contribution is 5.85. The van der Waals surface area contributed by atoms with Crippen molar-refractivity contribution in [3.05, 3.63) is 35.3 Å². The van der Waals surface area contributed by atoms with E-state index in [9.17, 15) is 0 Å². The second-order valence-electron chi connectivity index (χ2n) is 5.13. The van der Waals surface area contributed by atoms with Crippen LogP contribution in [0.3, 0.4) is 0 Å². The van der Waals surface area contributed by atoms with Gasteiger partial charge in [-0.05, 0) is 32.9 Å². The fraction of sp³-hybridized carbons (Fsp3) is 0.312. The van der Waals surface area contributed by atoms with Crippen LogP contribution >= 0.6 is 0 Å². The van der Waals surface area contributed by atoms with Gasteiger partial charge in [0.25, 0.3) is 0 Å². The molecule has 114 valence electrons. The molecule has 0 aliphatic rings. The molecule has 0 radical (unpaired) electrons. The Balaban J connectivity index is 2.34. The minimum atomic E-state index is 0.730. The predicted molar refractivity (Wildman–Crippen MR) is 84.0 cm³/mol. The first-order valence-electron chi connectivity index (χ1n) is 6.98. The molecule has 0 amide bonds. The van der Waals surface area contributed by atoms with Crippen LogP contribution in [-0.4, -0.2) is 34.2 Å². The molecule has 0 fully saturated rings. The molecule has 0 unspecified atom stereocenters. The van der Waals surface area contributed by atoms with Crippen LogP contribution in [0.4, 0.5) is 0 Å². The van der Waals surface area contributed by atoms with Crippen molar-refractivity contribution >= 4 is 10.9 Å². The SMILES string of the molecule is COc1ccc(OC)c(-n2nc3c(C)nnc(C)c3c2C)c1. The zero-order valence-electron chi connectivity index (χ0n) is 13.3. The van der Waals surface area contributed by atoms with Crippen LogP contribution in [0.25, 0.3) is 16.6 Å². The average molecular weight is 298 g/mol. The third-order valence-corrected chi connectivity index (χ3v) is 3.79. The van der Waals surface area contributed by atoms with Gasteiger partial charge in [-0.1, -0.05) is 0 Å². The lowest BCUT2D eigenvalue weighted by Crippen LogP contribution is -2.02. The van der Waals surface area contributed by atoms with Gasteiger partial charge >= 0.3 is 0 Å². The summed E-state index contributed by atoms with van der Waals surface area (Å²) >= 11 is 0. The fourth-order valence-corrected chi connectivity index (χ4v) is 2.63. The summed E-state index contributed by atoms with van der Waals surface area (Å²) in [6.45, 7) is 5.87. The number of aryl methyl sites for hydroxylation is 3. The topological polar surface area (TPSA) is 62.1 Å². The molecular formula is C16H18N4O2. The van der Waals surface area contributed by atoms with Crippen molar-refractivity contribution in [2.24, 2.45) is 0 Å². The van der Waals surface area contributed by atoms with E-state index in [1.807, 2.05) is 43.7 Å². The first-order valence-corrected chi connectivity index (χ1v) is 6.98. The van der Waals surface area contributed by atoms with Gasteiger partial charge in [0.1, 0.15) is 22.7 Å². The highest BCUT2D eigenvalue weighted by Crippen LogP contribution is 2.31. The van der Waals surface area contributed by atoms with Crippen molar-refractivity contribution in [3.8, 4) is 17.2 Å².